The molecule has 1 heterocycles. The summed E-state index contributed by atoms with van der Waals surface area (Å²) in [6.07, 6.45) is 0.481. The number of likely N-dealkylation sites (N-methyl/N-ethyl adjacent to an activating group) is 1. The molecule has 1 aliphatic heterocycles. The van der Waals surface area contributed by atoms with E-state index in [1.807, 2.05) is 6.92 Å². The molecule has 0 aliphatic carbocycles. The number of hydrogen-bond donors (Lipinski definition) is 2. The summed E-state index contributed by atoms with van der Waals surface area (Å²) in [5.74, 6) is -1.12. The number of carbonyl (C=O) groups is 2. The molecule has 5 nitrogen and oxygen atoms in total. The summed E-state index contributed by atoms with van der Waals surface area (Å²) in [5, 5.41) is 6.85. The van der Waals surface area contributed by atoms with Crippen molar-refractivity contribution in [3.8, 4) is 0 Å². The van der Waals surface area contributed by atoms with Crippen LogP contribution in [0.25, 0.3) is 0 Å². The topological polar surface area (TPSA) is 61.4 Å². The number of benzene rings is 1. The minimum Gasteiger partial charge on any atom is -0.354 e. The molecule has 2 rings (SSSR count). The van der Waals surface area contributed by atoms with Crippen LogP contribution in [0.2, 0.25) is 10.0 Å². The fourth-order valence-electron chi connectivity index (χ4n) is 2.43. The van der Waals surface area contributed by atoms with Crippen LogP contribution in [-0.2, 0) is 9.59 Å². The van der Waals surface area contributed by atoms with Gasteiger partial charge in [-0.05, 0) is 31.2 Å². The number of anilines is 1. The summed E-state index contributed by atoms with van der Waals surface area (Å²) < 4.78 is 0. The zero-order valence-electron chi connectivity index (χ0n) is 12.8. The molecule has 0 bridgehead atoms. The lowest BCUT2D eigenvalue weighted by molar-refractivity contribution is -0.132. The zero-order chi connectivity index (χ0) is 16.1. The number of carbonyl (C=O) groups excluding carboxylic acids is 2. The molecule has 0 aromatic heterocycles. The second kappa shape index (κ2) is 9.33. The van der Waals surface area contributed by atoms with Crippen LogP contribution in [-0.4, -0.2) is 38.0 Å². The highest BCUT2D eigenvalue weighted by atomic mass is 35.5. The Morgan fingerprint density at radius 2 is 2.09 bits per heavy atom. The zero-order valence-corrected chi connectivity index (χ0v) is 15.1. The monoisotopic (exact) mass is 379 g/mol. The fraction of sp³-hybridized carbons (Fsp3) is 0.467. The van der Waals surface area contributed by atoms with Gasteiger partial charge >= 0.3 is 0 Å². The number of amides is 2. The third kappa shape index (κ3) is 4.98. The Labute approximate surface area is 152 Å². The maximum absolute atomic E-state index is 12.4. The molecular weight excluding hydrogens is 361 g/mol. The lowest BCUT2D eigenvalue weighted by atomic mass is 10.1. The summed E-state index contributed by atoms with van der Waals surface area (Å²) in [6.45, 7) is 4.50. The number of nitrogens with zero attached hydrogens (tertiary/aromatic N) is 1. The molecule has 1 saturated heterocycles. The first-order valence-corrected chi connectivity index (χ1v) is 8.05. The standard InChI is InChI=1S/C15H19Cl2N3O2.ClH/c1-2-18-6-7-19-14(21)11-5-8-20(15(11)22)13-9-10(16)3-4-12(13)17;/h3-4,9,11,18H,2,5-8H2,1H3,(H,19,21);1H. The van der Waals surface area contributed by atoms with Crippen molar-refractivity contribution in [3.05, 3.63) is 28.2 Å². The van der Waals surface area contributed by atoms with Crippen LogP contribution in [0.1, 0.15) is 13.3 Å². The van der Waals surface area contributed by atoms with Crippen LogP contribution in [0, 0.1) is 5.92 Å². The van der Waals surface area contributed by atoms with Crippen molar-refractivity contribution in [2.24, 2.45) is 5.92 Å². The van der Waals surface area contributed by atoms with Crippen LogP contribution < -0.4 is 15.5 Å². The second-order valence-electron chi connectivity index (χ2n) is 5.07. The van der Waals surface area contributed by atoms with Gasteiger partial charge in [-0.1, -0.05) is 30.1 Å². The molecule has 1 unspecified atom stereocenters. The van der Waals surface area contributed by atoms with Crippen LogP contribution in [0.4, 0.5) is 5.69 Å². The van der Waals surface area contributed by atoms with Gasteiger partial charge in [0.15, 0.2) is 0 Å². The third-order valence-electron chi connectivity index (χ3n) is 3.57. The second-order valence-corrected chi connectivity index (χ2v) is 5.92. The van der Waals surface area contributed by atoms with Gasteiger partial charge in [-0.2, -0.15) is 0 Å². The van der Waals surface area contributed by atoms with Gasteiger partial charge in [-0.3, -0.25) is 9.59 Å². The van der Waals surface area contributed by atoms with E-state index in [4.69, 9.17) is 23.2 Å². The van der Waals surface area contributed by atoms with E-state index in [1.165, 1.54) is 4.90 Å². The molecule has 0 saturated carbocycles. The summed E-state index contributed by atoms with van der Waals surface area (Å²) in [5.41, 5.74) is 0.558. The van der Waals surface area contributed by atoms with Crippen molar-refractivity contribution in [2.45, 2.75) is 13.3 Å². The highest BCUT2D eigenvalue weighted by molar-refractivity contribution is 6.36. The lowest BCUT2D eigenvalue weighted by Gasteiger charge is -2.18. The average molecular weight is 381 g/mol. The smallest absolute Gasteiger partial charge is 0.239 e. The van der Waals surface area contributed by atoms with Crippen molar-refractivity contribution >= 4 is 53.1 Å². The van der Waals surface area contributed by atoms with E-state index in [-0.39, 0.29) is 24.2 Å². The van der Waals surface area contributed by atoms with Crippen LogP contribution >= 0.6 is 35.6 Å². The molecule has 23 heavy (non-hydrogen) atoms. The van der Waals surface area contributed by atoms with E-state index >= 15 is 0 Å². The van der Waals surface area contributed by atoms with Gasteiger partial charge in [0.1, 0.15) is 5.92 Å². The number of rotatable bonds is 6. The SMILES string of the molecule is CCNCCNC(=O)C1CCN(c2cc(Cl)ccc2Cl)C1=O.Cl. The summed E-state index contributed by atoms with van der Waals surface area (Å²) in [4.78, 5) is 26.1. The Bertz CT molecular complexity index is 569. The van der Waals surface area contributed by atoms with Crippen molar-refractivity contribution in [2.75, 3.05) is 31.1 Å². The van der Waals surface area contributed by atoms with E-state index in [0.29, 0.717) is 41.8 Å². The minimum absolute atomic E-state index is 0. The van der Waals surface area contributed by atoms with Crippen LogP contribution in [0.3, 0.4) is 0 Å². The first-order valence-electron chi connectivity index (χ1n) is 7.29. The van der Waals surface area contributed by atoms with Gasteiger partial charge in [0.2, 0.25) is 11.8 Å². The number of halogens is 3. The summed E-state index contributed by atoms with van der Waals surface area (Å²) >= 11 is 12.1. The Hall–Kier alpha value is -1.01. The van der Waals surface area contributed by atoms with Crippen molar-refractivity contribution < 1.29 is 9.59 Å². The molecule has 0 spiro atoms. The van der Waals surface area contributed by atoms with Gasteiger partial charge < -0.3 is 15.5 Å². The quantitative estimate of drug-likeness (QED) is 0.589. The lowest BCUT2D eigenvalue weighted by Crippen LogP contribution is -2.39. The van der Waals surface area contributed by atoms with Gasteiger partial charge in [-0.15, -0.1) is 12.4 Å². The van der Waals surface area contributed by atoms with Gasteiger partial charge in [0.25, 0.3) is 0 Å². The predicted molar refractivity (Wildman–Crippen MR) is 95.7 cm³/mol. The van der Waals surface area contributed by atoms with Gasteiger partial charge in [0.05, 0.1) is 10.7 Å². The molecule has 1 fully saturated rings. The Morgan fingerprint density at radius 1 is 1.35 bits per heavy atom. The normalized spacial score (nSPS) is 17.1. The maximum Gasteiger partial charge on any atom is 0.239 e. The van der Waals surface area contributed by atoms with E-state index in [2.05, 4.69) is 10.6 Å². The Balaban J connectivity index is 0.00000264. The van der Waals surface area contributed by atoms with Crippen molar-refractivity contribution in [3.63, 3.8) is 0 Å². The van der Waals surface area contributed by atoms with E-state index in [9.17, 15) is 9.59 Å². The average Bonchev–Trinajstić information content (AvgIpc) is 2.87. The summed E-state index contributed by atoms with van der Waals surface area (Å²) in [6, 6.07) is 4.96. The molecule has 1 aliphatic rings. The molecule has 0 radical (unpaired) electrons. The first kappa shape index (κ1) is 20.0. The fourth-order valence-corrected chi connectivity index (χ4v) is 2.82. The molecular formula is C15H20Cl3N3O2. The highest BCUT2D eigenvalue weighted by Gasteiger charge is 2.38. The molecule has 1 aromatic rings. The van der Waals surface area contributed by atoms with E-state index in [1.54, 1.807) is 18.2 Å². The highest BCUT2D eigenvalue weighted by Crippen LogP contribution is 2.33. The molecule has 1 atom stereocenters. The summed E-state index contributed by atoms with van der Waals surface area (Å²) in [7, 11) is 0. The third-order valence-corrected chi connectivity index (χ3v) is 4.13. The molecule has 2 N–H and O–H groups in total. The molecule has 8 heteroatoms. The minimum atomic E-state index is -0.656. The molecule has 2 amide bonds. The first-order chi connectivity index (χ1) is 10.5. The van der Waals surface area contributed by atoms with Crippen LogP contribution in [0.15, 0.2) is 18.2 Å². The number of nitrogens with one attached hydrogen (secondary N) is 2. The Morgan fingerprint density at radius 3 is 2.78 bits per heavy atom. The van der Waals surface area contributed by atoms with Gasteiger partial charge in [0, 0.05) is 24.7 Å². The van der Waals surface area contributed by atoms with Gasteiger partial charge in [-0.25, -0.2) is 0 Å². The molecule has 128 valence electrons. The van der Waals surface area contributed by atoms with Crippen molar-refractivity contribution in [1.29, 1.82) is 0 Å². The number of hydrogen-bond acceptors (Lipinski definition) is 3. The molecule has 1 aromatic carbocycles. The predicted octanol–water partition coefficient (Wildman–Crippen LogP) is 2.49. The van der Waals surface area contributed by atoms with Crippen molar-refractivity contribution in [1.82, 2.24) is 10.6 Å². The largest absolute Gasteiger partial charge is 0.354 e. The van der Waals surface area contributed by atoms with E-state index < -0.39 is 5.92 Å². The Kier molecular flexibility index (Phi) is 8.12. The maximum atomic E-state index is 12.4. The van der Waals surface area contributed by atoms with E-state index in [0.717, 1.165) is 6.54 Å². The van der Waals surface area contributed by atoms with Crippen LogP contribution in [0.5, 0.6) is 0 Å².